The molecule has 120 valence electrons. The zero-order valence-electron chi connectivity index (χ0n) is 13.0. The molecule has 3 nitrogen and oxygen atoms in total. The van der Waals surface area contributed by atoms with Crippen LogP contribution in [0.5, 0.6) is 0 Å². The van der Waals surface area contributed by atoms with Crippen molar-refractivity contribution in [3.63, 3.8) is 0 Å². The van der Waals surface area contributed by atoms with Gasteiger partial charge in [0.15, 0.2) is 0 Å². The van der Waals surface area contributed by atoms with Crippen LogP contribution < -0.4 is 5.73 Å². The van der Waals surface area contributed by atoms with Crippen LogP contribution in [-0.2, 0) is 11.3 Å². The molecule has 2 aliphatic rings. The molecule has 0 aliphatic heterocycles. The van der Waals surface area contributed by atoms with Crippen LogP contribution in [0.4, 0.5) is 0 Å². The number of nitrogens with zero attached hydrogens (tertiary/aromatic N) is 1. The van der Waals surface area contributed by atoms with Gasteiger partial charge in [0.2, 0.25) is 5.91 Å². The molecule has 2 N–H and O–H groups in total. The number of nitrogens with two attached hydrogens (primary N) is 1. The van der Waals surface area contributed by atoms with E-state index in [1.54, 1.807) is 0 Å². The van der Waals surface area contributed by atoms with Crippen LogP contribution in [0.15, 0.2) is 24.3 Å². The number of carbonyl (C=O) groups is 1. The van der Waals surface area contributed by atoms with Gasteiger partial charge in [0.1, 0.15) is 0 Å². The number of benzene rings is 1. The average molecular weight is 321 g/mol. The molecule has 1 amide bonds. The Bertz CT molecular complexity index is 504. The quantitative estimate of drug-likeness (QED) is 0.901. The molecule has 0 spiro atoms. The molecule has 0 atom stereocenters. The summed E-state index contributed by atoms with van der Waals surface area (Å²) in [4.78, 5) is 15.0. The largest absolute Gasteiger partial charge is 0.335 e. The topological polar surface area (TPSA) is 46.3 Å². The molecule has 2 saturated carbocycles. The highest BCUT2D eigenvalue weighted by Gasteiger charge is 2.36. The maximum atomic E-state index is 12.9. The highest BCUT2D eigenvalue weighted by Crippen LogP contribution is 2.34. The zero-order valence-corrected chi connectivity index (χ0v) is 13.8. The van der Waals surface area contributed by atoms with E-state index in [1.807, 2.05) is 24.3 Å². The summed E-state index contributed by atoms with van der Waals surface area (Å²) in [7, 11) is 0. The van der Waals surface area contributed by atoms with Crippen molar-refractivity contribution in [2.75, 3.05) is 6.54 Å². The number of hydrogen-bond acceptors (Lipinski definition) is 2. The number of hydrogen-bond donors (Lipinski definition) is 1. The molecule has 0 heterocycles. The lowest BCUT2D eigenvalue weighted by Crippen LogP contribution is -2.39. The third kappa shape index (κ3) is 3.82. The Morgan fingerprint density at radius 2 is 1.73 bits per heavy atom. The Morgan fingerprint density at radius 1 is 1.09 bits per heavy atom. The van der Waals surface area contributed by atoms with Gasteiger partial charge in [-0.25, -0.2) is 0 Å². The van der Waals surface area contributed by atoms with Gasteiger partial charge in [-0.15, -0.1) is 0 Å². The van der Waals surface area contributed by atoms with Gasteiger partial charge in [-0.3, -0.25) is 4.79 Å². The van der Waals surface area contributed by atoms with Crippen LogP contribution in [0.3, 0.4) is 0 Å². The Labute approximate surface area is 137 Å². The summed E-state index contributed by atoms with van der Waals surface area (Å²) in [5, 5.41) is 0.744. The van der Waals surface area contributed by atoms with Crippen LogP contribution in [0.2, 0.25) is 5.02 Å². The van der Waals surface area contributed by atoms with E-state index in [2.05, 4.69) is 4.90 Å². The van der Waals surface area contributed by atoms with Crippen LogP contribution >= 0.6 is 11.6 Å². The van der Waals surface area contributed by atoms with E-state index in [9.17, 15) is 4.79 Å². The fraction of sp³-hybridized carbons (Fsp3) is 0.611. The van der Waals surface area contributed by atoms with Crippen molar-refractivity contribution in [3.8, 4) is 0 Å². The predicted octanol–water partition coefficient (Wildman–Crippen LogP) is 3.60. The summed E-state index contributed by atoms with van der Waals surface area (Å²) in [5.41, 5.74) is 6.92. The van der Waals surface area contributed by atoms with Crippen LogP contribution in [-0.4, -0.2) is 23.4 Å². The van der Waals surface area contributed by atoms with E-state index in [0.717, 1.165) is 56.6 Å². The van der Waals surface area contributed by atoms with Crippen LogP contribution in [0.25, 0.3) is 0 Å². The van der Waals surface area contributed by atoms with E-state index in [-0.39, 0.29) is 5.92 Å². The molecular formula is C18H25ClN2O. The van der Waals surface area contributed by atoms with Gasteiger partial charge in [0, 0.05) is 23.5 Å². The van der Waals surface area contributed by atoms with E-state index < -0.39 is 0 Å². The summed E-state index contributed by atoms with van der Waals surface area (Å²) >= 11 is 5.94. The van der Waals surface area contributed by atoms with Crippen molar-refractivity contribution in [3.05, 3.63) is 34.9 Å². The highest BCUT2D eigenvalue weighted by atomic mass is 35.5. The Hall–Kier alpha value is -1.06. The summed E-state index contributed by atoms with van der Waals surface area (Å²) in [5.74, 6) is 1.18. The standard InChI is InChI=1S/C18H25ClN2O/c19-16-7-3-14(4-8-16)12-21(17-9-10-17)18(22)15-5-1-13(11-20)2-6-15/h3-4,7-8,13,15,17H,1-2,5-6,9-12,20H2. The molecule has 0 unspecified atom stereocenters. The van der Waals surface area contributed by atoms with Gasteiger partial charge in [-0.2, -0.15) is 0 Å². The maximum absolute atomic E-state index is 12.9. The second-order valence-corrected chi connectivity index (χ2v) is 7.21. The van der Waals surface area contributed by atoms with Crippen molar-refractivity contribution in [1.82, 2.24) is 4.90 Å². The normalized spacial score (nSPS) is 25.0. The molecule has 0 bridgehead atoms. The second kappa shape index (κ2) is 7.01. The van der Waals surface area contributed by atoms with Gasteiger partial charge < -0.3 is 10.6 Å². The molecule has 22 heavy (non-hydrogen) atoms. The number of carbonyl (C=O) groups excluding carboxylic acids is 1. The molecular weight excluding hydrogens is 296 g/mol. The molecule has 2 aliphatic carbocycles. The van der Waals surface area contributed by atoms with Gasteiger partial charge >= 0.3 is 0 Å². The van der Waals surface area contributed by atoms with Crippen molar-refractivity contribution in [2.24, 2.45) is 17.6 Å². The number of halogens is 1. The van der Waals surface area contributed by atoms with Gasteiger partial charge in [0.25, 0.3) is 0 Å². The van der Waals surface area contributed by atoms with E-state index in [1.165, 1.54) is 5.56 Å². The first-order valence-corrected chi connectivity index (χ1v) is 8.80. The lowest BCUT2D eigenvalue weighted by molar-refractivity contribution is -0.138. The molecule has 1 aromatic carbocycles. The Balaban J connectivity index is 1.63. The Morgan fingerprint density at radius 3 is 2.27 bits per heavy atom. The van der Waals surface area contributed by atoms with Crippen molar-refractivity contribution in [2.45, 2.75) is 51.1 Å². The zero-order chi connectivity index (χ0) is 15.5. The minimum Gasteiger partial charge on any atom is -0.335 e. The van der Waals surface area contributed by atoms with Crippen molar-refractivity contribution in [1.29, 1.82) is 0 Å². The maximum Gasteiger partial charge on any atom is 0.226 e. The number of rotatable bonds is 5. The highest BCUT2D eigenvalue weighted by molar-refractivity contribution is 6.30. The molecule has 0 aromatic heterocycles. The number of amides is 1. The molecule has 1 aromatic rings. The van der Waals surface area contributed by atoms with E-state index in [0.29, 0.717) is 17.9 Å². The Kier molecular flexibility index (Phi) is 5.04. The fourth-order valence-corrected chi connectivity index (χ4v) is 3.57. The first-order chi connectivity index (χ1) is 10.7. The van der Waals surface area contributed by atoms with Crippen molar-refractivity contribution >= 4 is 17.5 Å². The summed E-state index contributed by atoms with van der Waals surface area (Å²) in [6.45, 7) is 1.48. The molecule has 4 heteroatoms. The summed E-state index contributed by atoms with van der Waals surface area (Å²) in [6.07, 6.45) is 6.52. The van der Waals surface area contributed by atoms with Gasteiger partial charge in [-0.1, -0.05) is 23.7 Å². The first-order valence-electron chi connectivity index (χ1n) is 8.42. The second-order valence-electron chi connectivity index (χ2n) is 6.78. The van der Waals surface area contributed by atoms with Crippen LogP contribution in [0, 0.1) is 11.8 Å². The minimum absolute atomic E-state index is 0.204. The van der Waals surface area contributed by atoms with Crippen molar-refractivity contribution < 1.29 is 4.79 Å². The predicted molar refractivity (Wildman–Crippen MR) is 89.5 cm³/mol. The summed E-state index contributed by atoms with van der Waals surface area (Å²) in [6, 6.07) is 8.31. The van der Waals surface area contributed by atoms with Crippen LogP contribution in [0.1, 0.15) is 44.1 Å². The van der Waals surface area contributed by atoms with Gasteiger partial charge in [-0.05, 0) is 68.7 Å². The SMILES string of the molecule is NCC1CCC(C(=O)N(Cc2ccc(Cl)cc2)C2CC2)CC1. The van der Waals surface area contributed by atoms with E-state index >= 15 is 0 Å². The van der Waals surface area contributed by atoms with Gasteiger partial charge in [0.05, 0.1) is 0 Å². The lowest BCUT2D eigenvalue weighted by Gasteiger charge is -2.32. The third-order valence-corrected chi connectivity index (χ3v) is 5.32. The average Bonchev–Trinajstić information content (AvgIpc) is 3.38. The minimum atomic E-state index is 0.204. The van der Waals surface area contributed by atoms with E-state index in [4.69, 9.17) is 17.3 Å². The molecule has 0 radical (unpaired) electrons. The molecule has 2 fully saturated rings. The fourth-order valence-electron chi connectivity index (χ4n) is 3.44. The monoisotopic (exact) mass is 320 g/mol. The molecule has 3 rings (SSSR count). The first kappa shape index (κ1) is 15.8. The summed E-state index contributed by atoms with van der Waals surface area (Å²) < 4.78 is 0. The molecule has 0 saturated heterocycles. The lowest BCUT2D eigenvalue weighted by atomic mass is 9.81. The smallest absolute Gasteiger partial charge is 0.226 e. The third-order valence-electron chi connectivity index (χ3n) is 5.07.